The molecule has 8 nitrogen and oxygen atoms in total. The monoisotopic (exact) mass is 282 g/mol. The van der Waals surface area contributed by atoms with E-state index >= 15 is 0 Å². The highest BCUT2D eigenvalue weighted by Crippen LogP contribution is 2.17. The van der Waals surface area contributed by atoms with Crippen molar-refractivity contribution in [2.45, 2.75) is 19.4 Å². The third-order valence-electron chi connectivity index (χ3n) is 2.70. The van der Waals surface area contributed by atoms with Crippen LogP contribution in [-0.2, 0) is 4.79 Å². The molecule has 0 saturated carbocycles. The van der Waals surface area contributed by atoms with Crippen LogP contribution in [0.1, 0.15) is 22.3 Å². The summed E-state index contributed by atoms with van der Waals surface area (Å²) in [7, 11) is 0. The lowest BCUT2D eigenvalue weighted by molar-refractivity contribution is -0.384. The number of amides is 1. The molecule has 1 unspecified atom stereocenters. The van der Waals surface area contributed by atoms with Crippen LogP contribution in [-0.4, -0.2) is 39.7 Å². The van der Waals surface area contributed by atoms with Crippen LogP contribution in [0.25, 0.3) is 0 Å². The summed E-state index contributed by atoms with van der Waals surface area (Å²) < 4.78 is 0. The molecule has 0 spiro atoms. The molecule has 0 bridgehead atoms. The average Bonchev–Trinajstić information content (AvgIpc) is 2.38. The van der Waals surface area contributed by atoms with Crippen LogP contribution in [0.4, 0.5) is 5.69 Å². The summed E-state index contributed by atoms with van der Waals surface area (Å²) in [5.74, 6) is -2.01. The Labute approximate surface area is 114 Å². The quantitative estimate of drug-likeness (QED) is 0.513. The maximum absolute atomic E-state index is 12.0. The number of carboxylic acid groups (broad SMARTS) is 1. The predicted molar refractivity (Wildman–Crippen MR) is 68.4 cm³/mol. The van der Waals surface area contributed by atoms with Crippen molar-refractivity contribution in [3.8, 4) is 0 Å². The predicted octanol–water partition coefficient (Wildman–Crippen LogP) is 0.469. The molecular weight excluding hydrogens is 268 g/mol. The molecule has 0 aliphatic rings. The number of nitro benzene ring substituents is 1. The normalized spacial score (nSPS) is 11.7. The molecule has 1 rings (SSSR count). The van der Waals surface area contributed by atoms with Crippen LogP contribution in [0.2, 0.25) is 0 Å². The van der Waals surface area contributed by atoms with E-state index in [0.717, 1.165) is 6.07 Å². The summed E-state index contributed by atoms with van der Waals surface area (Å²) in [6.07, 6.45) is -0.144. The number of aliphatic hydroxyl groups is 1. The first kappa shape index (κ1) is 15.6. The Bertz CT molecular complexity index is 543. The molecule has 1 aromatic carbocycles. The molecule has 0 heterocycles. The van der Waals surface area contributed by atoms with Crippen LogP contribution < -0.4 is 5.32 Å². The number of hydrogen-bond acceptors (Lipinski definition) is 5. The van der Waals surface area contributed by atoms with Gasteiger partial charge in [0.1, 0.15) is 6.04 Å². The molecule has 0 saturated heterocycles. The maximum Gasteiger partial charge on any atom is 0.326 e. The number of aryl methyl sites for hydroxylation is 1. The Morgan fingerprint density at radius 2 is 2.10 bits per heavy atom. The molecule has 1 atom stereocenters. The number of non-ortho nitro benzene ring substituents is 1. The van der Waals surface area contributed by atoms with Crippen LogP contribution in [0.3, 0.4) is 0 Å². The first-order valence-corrected chi connectivity index (χ1v) is 5.76. The fraction of sp³-hybridized carbons (Fsp3) is 0.333. The van der Waals surface area contributed by atoms with Gasteiger partial charge < -0.3 is 15.5 Å². The Morgan fingerprint density at radius 3 is 2.60 bits per heavy atom. The van der Waals surface area contributed by atoms with Crippen LogP contribution in [0.15, 0.2) is 18.2 Å². The molecule has 108 valence electrons. The van der Waals surface area contributed by atoms with Crippen molar-refractivity contribution >= 4 is 17.6 Å². The lowest BCUT2D eigenvalue weighted by atomic mass is 10.1. The summed E-state index contributed by atoms with van der Waals surface area (Å²) in [6, 6.07) is 2.51. The zero-order chi connectivity index (χ0) is 15.3. The molecule has 1 aromatic rings. The van der Waals surface area contributed by atoms with E-state index in [1.807, 2.05) is 0 Å². The average molecular weight is 282 g/mol. The van der Waals surface area contributed by atoms with Gasteiger partial charge in [-0.2, -0.15) is 0 Å². The van der Waals surface area contributed by atoms with Crippen molar-refractivity contribution < 1.29 is 24.7 Å². The van der Waals surface area contributed by atoms with E-state index in [2.05, 4.69) is 5.32 Å². The zero-order valence-electron chi connectivity index (χ0n) is 10.7. The lowest BCUT2D eigenvalue weighted by Crippen LogP contribution is -2.41. The van der Waals surface area contributed by atoms with Crippen molar-refractivity contribution in [3.63, 3.8) is 0 Å². The number of nitrogens with zero attached hydrogens (tertiary/aromatic N) is 1. The van der Waals surface area contributed by atoms with E-state index in [1.165, 1.54) is 12.1 Å². The molecule has 1 amide bonds. The van der Waals surface area contributed by atoms with Gasteiger partial charge in [0, 0.05) is 30.7 Å². The van der Waals surface area contributed by atoms with Crippen molar-refractivity contribution in [2.24, 2.45) is 0 Å². The number of carbonyl (C=O) groups is 2. The van der Waals surface area contributed by atoms with Crippen LogP contribution in [0.5, 0.6) is 0 Å². The largest absolute Gasteiger partial charge is 0.480 e. The highest BCUT2D eigenvalue weighted by Gasteiger charge is 2.22. The molecular formula is C12H14N2O6. The van der Waals surface area contributed by atoms with Gasteiger partial charge in [-0.15, -0.1) is 0 Å². The first-order valence-electron chi connectivity index (χ1n) is 5.76. The number of nitrogens with one attached hydrogen (secondary N) is 1. The van der Waals surface area contributed by atoms with Crippen LogP contribution >= 0.6 is 0 Å². The Kier molecular flexibility index (Phi) is 5.15. The van der Waals surface area contributed by atoms with Crippen molar-refractivity contribution in [2.75, 3.05) is 6.61 Å². The second-order valence-electron chi connectivity index (χ2n) is 4.13. The molecule has 0 aromatic heterocycles. The highest BCUT2D eigenvalue weighted by atomic mass is 16.6. The van der Waals surface area contributed by atoms with E-state index in [-0.39, 0.29) is 17.7 Å². The van der Waals surface area contributed by atoms with E-state index in [4.69, 9.17) is 10.2 Å². The smallest absolute Gasteiger partial charge is 0.326 e. The molecule has 0 aliphatic carbocycles. The van der Waals surface area contributed by atoms with Gasteiger partial charge in [0.2, 0.25) is 0 Å². The number of aliphatic carboxylic acids is 1. The standard InChI is InChI=1S/C12H14N2O6/c1-7-2-3-8(14(19)20)6-9(7)11(16)13-10(4-5-15)12(17)18/h2-3,6,10,15H,4-5H2,1H3,(H,13,16)(H,17,18). The summed E-state index contributed by atoms with van der Waals surface area (Å²) in [5.41, 5.74) is 0.263. The van der Waals surface area contributed by atoms with E-state index in [1.54, 1.807) is 6.92 Å². The zero-order valence-corrected chi connectivity index (χ0v) is 10.7. The number of aliphatic hydroxyl groups excluding tert-OH is 1. The number of carboxylic acids is 1. The maximum atomic E-state index is 12.0. The van der Waals surface area contributed by atoms with Gasteiger partial charge in [-0.1, -0.05) is 6.07 Å². The summed E-state index contributed by atoms with van der Waals surface area (Å²) in [6.45, 7) is 1.19. The number of hydrogen-bond donors (Lipinski definition) is 3. The third kappa shape index (κ3) is 3.75. The molecule has 8 heteroatoms. The van der Waals surface area contributed by atoms with Crippen molar-refractivity contribution in [1.82, 2.24) is 5.32 Å². The fourth-order valence-corrected chi connectivity index (χ4v) is 1.59. The second kappa shape index (κ2) is 6.62. The Morgan fingerprint density at radius 1 is 1.45 bits per heavy atom. The summed E-state index contributed by atoms with van der Waals surface area (Å²) >= 11 is 0. The number of carbonyl (C=O) groups excluding carboxylic acids is 1. The van der Waals surface area contributed by atoms with Gasteiger partial charge in [0.05, 0.1) is 4.92 Å². The molecule has 0 radical (unpaired) electrons. The van der Waals surface area contributed by atoms with Crippen molar-refractivity contribution in [3.05, 3.63) is 39.4 Å². The molecule has 20 heavy (non-hydrogen) atoms. The lowest BCUT2D eigenvalue weighted by Gasteiger charge is -2.14. The SMILES string of the molecule is Cc1ccc([N+](=O)[O-])cc1C(=O)NC(CCO)C(=O)O. The minimum atomic E-state index is -1.28. The molecule has 0 fully saturated rings. The number of benzene rings is 1. The molecule has 0 aliphatic heterocycles. The van der Waals surface area contributed by atoms with Gasteiger partial charge in [-0.05, 0) is 12.5 Å². The van der Waals surface area contributed by atoms with Gasteiger partial charge in [-0.25, -0.2) is 4.79 Å². The highest BCUT2D eigenvalue weighted by molar-refractivity contribution is 5.98. The first-order chi connectivity index (χ1) is 9.36. The minimum Gasteiger partial charge on any atom is -0.480 e. The topological polar surface area (TPSA) is 130 Å². The van der Waals surface area contributed by atoms with Gasteiger partial charge in [-0.3, -0.25) is 14.9 Å². The third-order valence-corrected chi connectivity index (χ3v) is 2.70. The Hall–Kier alpha value is -2.48. The second-order valence-corrected chi connectivity index (χ2v) is 4.13. The van der Waals surface area contributed by atoms with E-state index in [0.29, 0.717) is 5.56 Å². The number of nitro groups is 1. The summed E-state index contributed by atoms with van der Waals surface area (Å²) in [4.78, 5) is 32.9. The Balaban J connectivity index is 2.99. The molecule has 3 N–H and O–H groups in total. The van der Waals surface area contributed by atoms with Gasteiger partial charge >= 0.3 is 5.97 Å². The number of rotatable bonds is 6. The fourth-order valence-electron chi connectivity index (χ4n) is 1.59. The van der Waals surface area contributed by atoms with E-state index in [9.17, 15) is 19.7 Å². The summed E-state index contributed by atoms with van der Waals surface area (Å²) in [5, 5.41) is 30.5. The van der Waals surface area contributed by atoms with Gasteiger partial charge in [0.15, 0.2) is 0 Å². The van der Waals surface area contributed by atoms with Crippen molar-refractivity contribution in [1.29, 1.82) is 0 Å². The van der Waals surface area contributed by atoms with Crippen LogP contribution in [0, 0.1) is 17.0 Å². The minimum absolute atomic E-state index is 0.0309. The van der Waals surface area contributed by atoms with E-state index < -0.39 is 29.4 Å². The van der Waals surface area contributed by atoms with Gasteiger partial charge in [0.25, 0.3) is 11.6 Å².